The first-order valence-corrected chi connectivity index (χ1v) is 7.70. The third kappa shape index (κ3) is 2.81. The van der Waals surface area contributed by atoms with E-state index in [0.29, 0.717) is 18.7 Å². The molecule has 0 amide bonds. The van der Waals surface area contributed by atoms with Crippen molar-refractivity contribution < 1.29 is 9.53 Å². The summed E-state index contributed by atoms with van der Waals surface area (Å²) in [5, 5.41) is 3.24. The maximum Gasteiger partial charge on any atom is 0.178 e. The van der Waals surface area contributed by atoms with Crippen LogP contribution in [0.1, 0.15) is 53.5 Å². The molecule has 2 fully saturated rings. The summed E-state index contributed by atoms with van der Waals surface area (Å²) in [5.41, 5.74) is 3.23. The minimum atomic E-state index is 0.197. The van der Waals surface area contributed by atoms with Gasteiger partial charge in [-0.05, 0) is 45.6 Å². The Labute approximate surface area is 120 Å². The minimum absolute atomic E-state index is 0.197. The van der Waals surface area contributed by atoms with Crippen molar-refractivity contribution in [3.05, 3.63) is 23.0 Å². The highest BCUT2D eigenvalue weighted by Gasteiger charge is 2.28. The Morgan fingerprint density at radius 2 is 2.20 bits per heavy atom. The molecule has 1 saturated heterocycles. The lowest BCUT2D eigenvalue weighted by Crippen LogP contribution is -2.31. The van der Waals surface area contributed by atoms with Crippen molar-refractivity contribution in [3.63, 3.8) is 0 Å². The molecule has 1 aromatic rings. The maximum absolute atomic E-state index is 12.3. The molecular weight excluding hydrogens is 252 g/mol. The highest BCUT2D eigenvalue weighted by molar-refractivity contribution is 5.99. The van der Waals surface area contributed by atoms with Crippen molar-refractivity contribution in [2.75, 3.05) is 19.7 Å². The zero-order valence-electron chi connectivity index (χ0n) is 12.4. The largest absolute Gasteiger partial charge is 0.377 e. The van der Waals surface area contributed by atoms with Crippen LogP contribution in [-0.4, -0.2) is 36.2 Å². The Bertz CT molecular complexity index is 497. The van der Waals surface area contributed by atoms with Crippen LogP contribution in [0.3, 0.4) is 0 Å². The fourth-order valence-corrected chi connectivity index (χ4v) is 3.20. The number of aromatic nitrogens is 1. The van der Waals surface area contributed by atoms with Crippen LogP contribution in [0.4, 0.5) is 0 Å². The maximum atomic E-state index is 12.3. The number of ketones is 1. The fraction of sp³-hybridized carbons (Fsp3) is 0.688. The van der Waals surface area contributed by atoms with Crippen molar-refractivity contribution in [3.8, 4) is 0 Å². The molecule has 0 aromatic carbocycles. The molecule has 1 N–H and O–H groups in total. The van der Waals surface area contributed by atoms with E-state index in [1.54, 1.807) is 0 Å². The molecule has 1 atom stereocenters. The Kier molecular flexibility index (Phi) is 3.94. The van der Waals surface area contributed by atoms with Gasteiger partial charge in [-0.25, -0.2) is 0 Å². The second-order valence-electron chi connectivity index (χ2n) is 6.08. The molecular formula is C16H24N2O2. The van der Waals surface area contributed by atoms with Crippen LogP contribution in [0.15, 0.2) is 6.07 Å². The highest BCUT2D eigenvalue weighted by Crippen LogP contribution is 2.38. The number of nitrogens with zero attached hydrogens (tertiary/aromatic N) is 1. The fourth-order valence-electron chi connectivity index (χ4n) is 3.20. The van der Waals surface area contributed by atoms with E-state index in [1.807, 2.05) is 6.07 Å². The van der Waals surface area contributed by atoms with Crippen molar-refractivity contribution in [1.82, 2.24) is 9.88 Å². The molecule has 2 aliphatic rings. The van der Waals surface area contributed by atoms with E-state index in [0.717, 1.165) is 37.3 Å². The van der Waals surface area contributed by atoms with Crippen LogP contribution in [0, 0.1) is 13.8 Å². The van der Waals surface area contributed by atoms with Gasteiger partial charge in [-0.1, -0.05) is 0 Å². The number of Topliss-reactive ketones (excluding diaryl/α,β-unsaturated/α-hetero) is 1. The van der Waals surface area contributed by atoms with Gasteiger partial charge in [-0.2, -0.15) is 0 Å². The number of rotatable bonds is 6. The van der Waals surface area contributed by atoms with Crippen LogP contribution in [0.5, 0.6) is 0 Å². The lowest BCUT2D eigenvalue weighted by atomic mass is 10.1. The summed E-state index contributed by atoms with van der Waals surface area (Å²) in [7, 11) is 0. The third-order valence-corrected chi connectivity index (χ3v) is 4.38. The summed E-state index contributed by atoms with van der Waals surface area (Å²) in [6.45, 7) is 6.23. The highest BCUT2D eigenvalue weighted by atomic mass is 16.5. The predicted molar refractivity (Wildman–Crippen MR) is 78.4 cm³/mol. The number of hydrogen-bond donors (Lipinski definition) is 1. The number of carbonyl (C=O) groups excluding carboxylic acids is 1. The number of aryl methyl sites for hydroxylation is 1. The second-order valence-corrected chi connectivity index (χ2v) is 6.08. The Morgan fingerprint density at radius 3 is 2.85 bits per heavy atom. The van der Waals surface area contributed by atoms with Gasteiger partial charge in [0.25, 0.3) is 0 Å². The van der Waals surface area contributed by atoms with Crippen LogP contribution >= 0.6 is 0 Å². The summed E-state index contributed by atoms with van der Waals surface area (Å²) in [5.74, 6) is 0.197. The third-order valence-electron chi connectivity index (χ3n) is 4.38. The van der Waals surface area contributed by atoms with E-state index in [1.165, 1.54) is 18.5 Å². The van der Waals surface area contributed by atoms with Crippen molar-refractivity contribution in [2.24, 2.45) is 0 Å². The van der Waals surface area contributed by atoms with Crippen molar-refractivity contribution >= 4 is 5.78 Å². The number of nitrogens with one attached hydrogen (secondary N) is 1. The summed E-state index contributed by atoms with van der Waals surface area (Å²) in [6.07, 6.45) is 5.05. The standard InChI is InChI=1S/C16H24N2O2/c1-11-8-15(12(2)18(11)13-5-6-13)16(19)10-17-9-14-4-3-7-20-14/h8,13-14,17H,3-7,9-10H2,1-2H3. The van der Waals surface area contributed by atoms with Crippen molar-refractivity contribution in [2.45, 2.75) is 51.7 Å². The average molecular weight is 276 g/mol. The zero-order chi connectivity index (χ0) is 14.1. The molecule has 1 saturated carbocycles. The van der Waals surface area contributed by atoms with Gasteiger partial charge in [0.15, 0.2) is 5.78 Å². The summed E-state index contributed by atoms with van der Waals surface area (Å²) in [6, 6.07) is 2.68. The van der Waals surface area contributed by atoms with Gasteiger partial charge in [-0.3, -0.25) is 4.79 Å². The van der Waals surface area contributed by atoms with Gasteiger partial charge in [-0.15, -0.1) is 0 Å². The van der Waals surface area contributed by atoms with E-state index in [2.05, 4.69) is 23.7 Å². The van der Waals surface area contributed by atoms with Gasteiger partial charge >= 0.3 is 0 Å². The number of ether oxygens (including phenoxy) is 1. The van der Waals surface area contributed by atoms with Crippen molar-refractivity contribution in [1.29, 1.82) is 0 Å². The lowest BCUT2D eigenvalue weighted by Gasteiger charge is -2.10. The zero-order valence-corrected chi connectivity index (χ0v) is 12.4. The first-order valence-electron chi connectivity index (χ1n) is 7.70. The molecule has 0 radical (unpaired) electrons. The molecule has 3 rings (SSSR count). The Hall–Kier alpha value is -1.13. The Balaban J connectivity index is 1.57. The molecule has 0 spiro atoms. The molecule has 2 heterocycles. The summed E-state index contributed by atoms with van der Waals surface area (Å²) < 4.78 is 7.88. The van der Waals surface area contributed by atoms with Crippen LogP contribution in [0.2, 0.25) is 0 Å². The van der Waals surface area contributed by atoms with Crippen LogP contribution < -0.4 is 5.32 Å². The monoisotopic (exact) mass is 276 g/mol. The van der Waals surface area contributed by atoms with Gasteiger partial charge in [0.05, 0.1) is 12.6 Å². The number of carbonyl (C=O) groups is 1. The van der Waals surface area contributed by atoms with Gasteiger partial charge in [0, 0.05) is 36.1 Å². The lowest BCUT2D eigenvalue weighted by molar-refractivity contribution is 0.0955. The van der Waals surface area contributed by atoms with Gasteiger partial charge in [0.2, 0.25) is 0 Å². The van der Waals surface area contributed by atoms with Gasteiger partial charge in [0.1, 0.15) is 0 Å². The predicted octanol–water partition coefficient (Wildman–Crippen LogP) is 2.39. The quantitative estimate of drug-likeness (QED) is 0.811. The normalized spacial score (nSPS) is 22.4. The molecule has 1 aliphatic heterocycles. The summed E-state index contributed by atoms with van der Waals surface area (Å²) in [4.78, 5) is 12.3. The SMILES string of the molecule is Cc1cc(C(=O)CNCC2CCCO2)c(C)n1C1CC1. The first-order chi connectivity index (χ1) is 9.66. The van der Waals surface area contributed by atoms with E-state index >= 15 is 0 Å². The molecule has 1 unspecified atom stereocenters. The van der Waals surface area contributed by atoms with Gasteiger partial charge < -0.3 is 14.6 Å². The molecule has 1 aromatic heterocycles. The topological polar surface area (TPSA) is 43.3 Å². The van der Waals surface area contributed by atoms with E-state index in [-0.39, 0.29) is 5.78 Å². The minimum Gasteiger partial charge on any atom is -0.377 e. The molecule has 0 bridgehead atoms. The molecule has 4 nitrogen and oxygen atoms in total. The van der Waals surface area contributed by atoms with Crippen LogP contribution in [-0.2, 0) is 4.74 Å². The molecule has 1 aliphatic carbocycles. The van der Waals surface area contributed by atoms with Crippen LogP contribution in [0.25, 0.3) is 0 Å². The summed E-state index contributed by atoms with van der Waals surface area (Å²) >= 11 is 0. The average Bonchev–Trinajstić information content (AvgIpc) is 3.01. The Morgan fingerprint density at radius 1 is 1.40 bits per heavy atom. The number of hydrogen-bond acceptors (Lipinski definition) is 3. The van der Waals surface area contributed by atoms with E-state index in [4.69, 9.17) is 4.74 Å². The molecule has 4 heteroatoms. The van der Waals surface area contributed by atoms with E-state index < -0.39 is 0 Å². The molecule has 110 valence electrons. The second kappa shape index (κ2) is 5.70. The smallest absolute Gasteiger partial charge is 0.178 e. The molecule has 20 heavy (non-hydrogen) atoms. The van der Waals surface area contributed by atoms with E-state index in [9.17, 15) is 4.79 Å². The first kappa shape index (κ1) is 13.8.